The summed E-state index contributed by atoms with van der Waals surface area (Å²) in [7, 11) is 0. The minimum atomic E-state index is -0.181. The normalized spacial score (nSPS) is 11.9. The Kier molecular flexibility index (Phi) is 9.90. The minimum Gasteiger partial charge on any atom is -0.505 e. The molecule has 0 saturated carbocycles. The molecule has 0 aromatic heterocycles. The SMILES string of the molecule is CCC(C)(C)c1ccc(OCCCCC(=O)Nc2cc(Oc3cccc(N)c3)c3ccccc3c2O)c(C(C)(C)CC)c1. The molecule has 4 N–H and O–H groups in total. The number of amides is 1. The molecule has 228 valence electrons. The predicted octanol–water partition coefficient (Wildman–Crippen LogP) is 9.48. The Balaban J connectivity index is 1.39. The number of rotatable bonds is 13. The molecule has 0 bridgehead atoms. The summed E-state index contributed by atoms with van der Waals surface area (Å²) >= 11 is 0. The van der Waals surface area contributed by atoms with Gasteiger partial charge in [-0.05, 0) is 60.3 Å². The standard InChI is InChI=1S/C37H46N2O4/c1-7-36(3,4)25-19-20-32(30(22-25)37(5,6)8-2)42-21-12-11-18-34(40)39-31-24-33(43-27-15-13-14-26(38)23-27)28-16-9-10-17-29(28)35(31)41/h9-10,13-17,19-20,22-24,41H,7-8,11-12,18,21,38H2,1-6H3,(H,39,40). The van der Waals surface area contributed by atoms with Crippen LogP contribution in [0.4, 0.5) is 11.4 Å². The van der Waals surface area contributed by atoms with Gasteiger partial charge in [0.15, 0.2) is 0 Å². The van der Waals surface area contributed by atoms with E-state index in [1.807, 2.05) is 30.3 Å². The van der Waals surface area contributed by atoms with E-state index in [9.17, 15) is 9.90 Å². The van der Waals surface area contributed by atoms with Crippen LogP contribution in [0.5, 0.6) is 23.0 Å². The monoisotopic (exact) mass is 582 g/mol. The van der Waals surface area contributed by atoms with Gasteiger partial charge in [-0.15, -0.1) is 0 Å². The zero-order chi connectivity index (χ0) is 31.2. The maximum Gasteiger partial charge on any atom is 0.224 e. The maximum atomic E-state index is 12.9. The van der Waals surface area contributed by atoms with Crippen molar-refractivity contribution < 1.29 is 19.4 Å². The predicted molar refractivity (Wildman–Crippen MR) is 178 cm³/mol. The first-order valence-corrected chi connectivity index (χ1v) is 15.3. The Bertz CT molecular complexity index is 1570. The summed E-state index contributed by atoms with van der Waals surface area (Å²) in [5.41, 5.74) is 9.46. The van der Waals surface area contributed by atoms with Crippen LogP contribution in [0.3, 0.4) is 0 Å². The Morgan fingerprint density at radius 1 is 0.837 bits per heavy atom. The number of fused-ring (bicyclic) bond motifs is 1. The van der Waals surface area contributed by atoms with Crippen molar-refractivity contribution >= 4 is 28.1 Å². The molecular weight excluding hydrogens is 536 g/mol. The lowest BCUT2D eigenvalue weighted by Crippen LogP contribution is -2.21. The van der Waals surface area contributed by atoms with E-state index in [2.05, 4.69) is 65.1 Å². The van der Waals surface area contributed by atoms with Crippen LogP contribution in [0.2, 0.25) is 0 Å². The molecule has 0 aliphatic carbocycles. The summed E-state index contributed by atoms with van der Waals surface area (Å²) in [6.07, 6.45) is 3.76. The highest BCUT2D eigenvalue weighted by Gasteiger charge is 2.26. The van der Waals surface area contributed by atoms with Crippen LogP contribution in [-0.2, 0) is 15.6 Å². The van der Waals surface area contributed by atoms with Crippen LogP contribution >= 0.6 is 0 Å². The number of unbranched alkanes of at least 4 members (excludes halogenated alkanes) is 1. The number of benzene rings is 4. The van der Waals surface area contributed by atoms with E-state index in [4.69, 9.17) is 15.2 Å². The molecule has 0 aliphatic rings. The number of phenols is 1. The van der Waals surface area contributed by atoms with E-state index in [1.165, 1.54) is 11.1 Å². The number of nitrogens with two attached hydrogens (primary N) is 1. The average molecular weight is 583 g/mol. The van der Waals surface area contributed by atoms with Gasteiger partial charge in [-0.25, -0.2) is 0 Å². The third-order valence-electron chi connectivity index (χ3n) is 8.65. The number of phenolic OH excluding ortho intramolecular Hbond substituents is 1. The largest absolute Gasteiger partial charge is 0.505 e. The molecule has 1 amide bonds. The fraction of sp³-hybridized carbons (Fsp3) is 0.378. The van der Waals surface area contributed by atoms with E-state index < -0.39 is 0 Å². The van der Waals surface area contributed by atoms with Gasteiger partial charge in [0.1, 0.15) is 23.0 Å². The van der Waals surface area contributed by atoms with E-state index >= 15 is 0 Å². The van der Waals surface area contributed by atoms with Crippen molar-refractivity contribution in [3.8, 4) is 23.0 Å². The minimum absolute atomic E-state index is 0.00735. The van der Waals surface area contributed by atoms with Crippen LogP contribution < -0.4 is 20.5 Å². The van der Waals surface area contributed by atoms with Crippen molar-refractivity contribution in [2.45, 2.75) is 84.5 Å². The zero-order valence-electron chi connectivity index (χ0n) is 26.4. The van der Waals surface area contributed by atoms with Crippen LogP contribution in [-0.4, -0.2) is 17.6 Å². The van der Waals surface area contributed by atoms with Crippen molar-refractivity contribution in [3.05, 3.63) is 83.9 Å². The summed E-state index contributed by atoms with van der Waals surface area (Å²) in [6.45, 7) is 14.0. The van der Waals surface area contributed by atoms with Crippen LogP contribution in [0.25, 0.3) is 10.8 Å². The highest BCUT2D eigenvalue weighted by atomic mass is 16.5. The van der Waals surface area contributed by atoms with Gasteiger partial charge in [0.25, 0.3) is 0 Å². The number of nitrogens with one attached hydrogen (secondary N) is 1. The van der Waals surface area contributed by atoms with Crippen molar-refractivity contribution in [3.63, 3.8) is 0 Å². The number of anilines is 2. The summed E-state index contributed by atoms with van der Waals surface area (Å²) in [5, 5.41) is 15.2. The van der Waals surface area contributed by atoms with E-state index in [1.54, 1.807) is 24.3 Å². The van der Waals surface area contributed by atoms with E-state index in [0.29, 0.717) is 47.7 Å². The van der Waals surface area contributed by atoms with Gasteiger partial charge in [-0.2, -0.15) is 0 Å². The third kappa shape index (κ3) is 7.61. The second-order valence-corrected chi connectivity index (χ2v) is 12.5. The quantitative estimate of drug-likeness (QED) is 0.0829. The number of carbonyl (C=O) groups excluding carboxylic acids is 1. The Morgan fingerprint density at radius 3 is 2.26 bits per heavy atom. The zero-order valence-corrected chi connectivity index (χ0v) is 26.4. The number of aromatic hydroxyl groups is 1. The van der Waals surface area contributed by atoms with Gasteiger partial charge >= 0.3 is 0 Å². The Hall–Kier alpha value is -4.19. The molecule has 0 fully saturated rings. The van der Waals surface area contributed by atoms with Crippen molar-refractivity contribution in [2.24, 2.45) is 0 Å². The van der Waals surface area contributed by atoms with E-state index in [-0.39, 0.29) is 22.5 Å². The summed E-state index contributed by atoms with van der Waals surface area (Å²) in [6, 6.07) is 22.8. The first kappa shape index (κ1) is 31.7. The molecule has 0 unspecified atom stereocenters. The fourth-order valence-electron chi connectivity index (χ4n) is 4.99. The molecule has 43 heavy (non-hydrogen) atoms. The van der Waals surface area contributed by atoms with Crippen LogP contribution in [0.15, 0.2) is 72.8 Å². The molecule has 0 heterocycles. The lowest BCUT2D eigenvalue weighted by atomic mass is 9.76. The van der Waals surface area contributed by atoms with Crippen molar-refractivity contribution in [1.82, 2.24) is 0 Å². The number of ether oxygens (including phenoxy) is 2. The first-order valence-electron chi connectivity index (χ1n) is 15.3. The molecule has 0 saturated heterocycles. The number of carbonyl (C=O) groups is 1. The number of hydrogen-bond acceptors (Lipinski definition) is 5. The molecule has 4 rings (SSSR count). The van der Waals surface area contributed by atoms with Crippen molar-refractivity contribution in [2.75, 3.05) is 17.7 Å². The summed E-state index contributed by atoms with van der Waals surface area (Å²) < 4.78 is 12.4. The van der Waals surface area contributed by atoms with Crippen LogP contribution in [0, 0.1) is 0 Å². The molecule has 6 nitrogen and oxygen atoms in total. The molecule has 4 aromatic carbocycles. The second-order valence-electron chi connectivity index (χ2n) is 12.5. The highest BCUT2D eigenvalue weighted by Crippen LogP contribution is 2.41. The van der Waals surface area contributed by atoms with Gasteiger partial charge in [0.2, 0.25) is 5.91 Å². The average Bonchev–Trinajstić information content (AvgIpc) is 2.99. The topological polar surface area (TPSA) is 93.8 Å². The Labute approximate surface area is 256 Å². The molecule has 4 aromatic rings. The van der Waals surface area contributed by atoms with Crippen molar-refractivity contribution in [1.29, 1.82) is 0 Å². The smallest absolute Gasteiger partial charge is 0.224 e. The highest BCUT2D eigenvalue weighted by molar-refractivity contribution is 6.02. The molecule has 0 spiro atoms. The first-order chi connectivity index (χ1) is 20.4. The van der Waals surface area contributed by atoms with Crippen LogP contribution in [0.1, 0.15) is 84.8 Å². The maximum absolute atomic E-state index is 12.9. The molecule has 0 aliphatic heterocycles. The lowest BCUT2D eigenvalue weighted by Gasteiger charge is -2.30. The molecule has 0 atom stereocenters. The van der Waals surface area contributed by atoms with E-state index in [0.717, 1.165) is 30.4 Å². The van der Waals surface area contributed by atoms with Gasteiger partial charge < -0.3 is 25.6 Å². The number of nitrogen functional groups attached to an aromatic ring is 1. The second kappa shape index (κ2) is 13.4. The molecule has 0 radical (unpaired) electrons. The fourth-order valence-corrected chi connectivity index (χ4v) is 4.99. The van der Waals surface area contributed by atoms with Gasteiger partial charge in [0, 0.05) is 40.6 Å². The summed E-state index contributed by atoms with van der Waals surface area (Å²) in [5.74, 6) is 1.83. The van der Waals surface area contributed by atoms with Gasteiger partial charge in [0.05, 0.1) is 12.3 Å². The summed E-state index contributed by atoms with van der Waals surface area (Å²) in [4.78, 5) is 12.9. The molecule has 6 heteroatoms. The van der Waals surface area contributed by atoms with Gasteiger partial charge in [-0.1, -0.05) is 84.0 Å². The third-order valence-corrected chi connectivity index (χ3v) is 8.65. The lowest BCUT2D eigenvalue weighted by molar-refractivity contribution is -0.116. The van der Waals surface area contributed by atoms with Gasteiger partial charge in [-0.3, -0.25) is 4.79 Å². The Morgan fingerprint density at radius 2 is 1.56 bits per heavy atom. The molecular formula is C37H46N2O4. The number of hydrogen-bond donors (Lipinski definition) is 3.